The van der Waals surface area contributed by atoms with Gasteiger partial charge in [0.2, 0.25) is 0 Å². The molecule has 1 rings (SSSR count). The molecule has 1 aliphatic rings. The van der Waals surface area contributed by atoms with E-state index < -0.39 is 0 Å². The van der Waals surface area contributed by atoms with E-state index in [4.69, 9.17) is 11.1 Å². The second-order valence-corrected chi connectivity index (χ2v) is 3.45. The predicted molar refractivity (Wildman–Crippen MR) is 55.5 cm³/mol. The lowest BCUT2D eigenvalue weighted by molar-refractivity contribution is 0.716. The summed E-state index contributed by atoms with van der Waals surface area (Å²) in [6, 6.07) is 0. The van der Waals surface area contributed by atoms with Gasteiger partial charge < -0.3 is 11.1 Å². The van der Waals surface area contributed by atoms with E-state index in [2.05, 4.69) is 30.5 Å². The minimum Gasteiger partial charge on any atom is -0.370 e. The minimum absolute atomic E-state index is 0.0495. The molecule has 0 fully saturated rings. The fourth-order valence-electron chi connectivity index (χ4n) is 1.43. The van der Waals surface area contributed by atoms with Crippen LogP contribution < -0.4 is 11.1 Å². The Morgan fingerprint density at radius 3 is 3.15 bits per heavy atom. The molecular formula is C10H17N3. The van der Waals surface area contributed by atoms with Crippen molar-refractivity contribution in [3.8, 4) is 0 Å². The molecule has 0 radical (unpaired) electrons. The lowest BCUT2D eigenvalue weighted by atomic mass is 9.96. The molecule has 0 amide bonds. The smallest absolute Gasteiger partial charge is 0.185 e. The van der Waals surface area contributed by atoms with Crippen LogP contribution in [0, 0.1) is 11.3 Å². The van der Waals surface area contributed by atoms with Gasteiger partial charge in [0, 0.05) is 6.54 Å². The Kier molecular flexibility index (Phi) is 3.55. The van der Waals surface area contributed by atoms with Crippen molar-refractivity contribution in [3.63, 3.8) is 0 Å². The first-order valence-electron chi connectivity index (χ1n) is 4.63. The molecule has 0 aliphatic heterocycles. The maximum atomic E-state index is 6.98. The molecule has 3 nitrogen and oxygen atoms in total. The van der Waals surface area contributed by atoms with Gasteiger partial charge in [-0.1, -0.05) is 30.7 Å². The standard InChI is InChI=1S/C10H17N3/c1-8-3-2-4-9(7-8)5-6-13-10(11)12/h2,4,7-8H,3,5-6H2,1H3,(H4,11,12,13). The first-order chi connectivity index (χ1) is 6.18. The van der Waals surface area contributed by atoms with E-state index in [1.807, 2.05) is 0 Å². The van der Waals surface area contributed by atoms with Gasteiger partial charge in [-0.2, -0.15) is 0 Å². The zero-order chi connectivity index (χ0) is 9.68. The quantitative estimate of drug-likeness (QED) is 0.453. The highest BCUT2D eigenvalue weighted by atomic mass is 15.0. The Morgan fingerprint density at radius 2 is 2.54 bits per heavy atom. The number of hydrogen-bond acceptors (Lipinski definition) is 1. The highest BCUT2D eigenvalue weighted by Crippen LogP contribution is 2.17. The SMILES string of the molecule is CC1C=C(CCNC(=N)N)C=CC1. The summed E-state index contributed by atoms with van der Waals surface area (Å²) in [7, 11) is 0. The van der Waals surface area contributed by atoms with Gasteiger partial charge in [0.05, 0.1) is 0 Å². The fraction of sp³-hybridized carbons (Fsp3) is 0.500. The largest absolute Gasteiger partial charge is 0.370 e. The van der Waals surface area contributed by atoms with E-state index in [1.165, 1.54) is 5.57 Å². The molecule has 0 aromatic rings. The van der Waals surface area contributed by atoms with Crippen molar-refractivity contribution in [2.45, 2.75) is 19.8 Å². The summed E-state index contributed by atoms with van der Waals surface area (Å²) in [5.74, 6) is 0.700. The van der Waals surface area contributed by atoms with Crippen LogP contribution in [-0.4, -0.2) is 12.5 Å². The molecule has 72 valence electrons. The summed E-state index contributed by atoms with van der Waals surface area (Å²) in [4.78, 5) is 0. The zero-order valence-corrected chi connectivity index (χ0v) is 8.01. The van der Waals surface area contributed by atoms with Gasteiger partial charge in [0.25, 0.3) is 0 Å². The number of hydrogen-bond donors (Lipinski definition) is 3. The Labute approximate surface area is 79.2 Å². The molecule has 4 N–H and O–H groups in total. The van der Waals surface area contributed by atoms with E-state index in [1.54, 1.807) is 0 Å². The van der Waals surface area contributed by atoms with Gasteiger partial charge in [0.1, 0.15) is 0 Å². The van der Waals surface area contributed by atoms with Crippen LogP contribution >= 0.6 is 0 Å². The molecule has 1 atom stereocenters. The molecule has 3 heteroatoms. The lowest BCUT2D eigenvalue weighted by Gasteiger charge is -2.12. The van der Waals surface area contributed by atoms with Crippen LogP contribution in [0.4, 0.5) is 0 Å². The predicted octanol–water partition coefficient (Wildman–Crippen LogP) is 1.38. The van der Waals surface area contributed by atoms with Crippen LogP contribution in [0.3, 0.4) is 0 Å². The Bertz CT molecular complexity index is 241. The lowest BCUT2D eigenvalue weighted by Crippen LogP contribution is -2.31. The van der Waals surface area contributed by atoms with E-state index in [0.29, 0.717) is 5.92 Å². The molecular weight excluding hydrogens is 162 g/mol. The number of nitrogens with two attached hydrogens (primary N) is 1. The Hall–Kier alpha value is -1.25. The number of guanidine groups is 1. The van der Waals surface area contributed by atoms with Gasteiger partial charge in [-0.3, -0.25) is 5.41 Å². The monoisotopic (exact) mass is 179 g/mol. The maximum Gasteiger partial charge on any atom is 0.185 e. The molecule has 0 spiro atoms. The van der Waals surface area contributed by atoms with Crippen LogP contribution in [0.25, 0.3) is 0 Å². The van der Waals surface area contributed by atoms with Crippen molar-refractivity contribution in [2.75, 3.05) is 6.54 Å². The third-order valence-electron chi connectivity index (χ3n) is 2.07. The summed E-state index contributed by atoms with van der Waals surface area (Å²) in [5, 5.41) is 9.77. The Balaban J connectivity index is 2.28. The van der Waals surface area contributed by atoms with Crippen LogP contribution in [-0.2, 0) is 0 Å². The van der Waals surface area contributed by atoms with Gasteiger partial charge in [0.15, 0.2) is 5.96 Å². The first-order valence-corrected chi connectivity index (χ1v) is 4.63. The first kappa shape index (κ1) is 9.84. The summed E-state index contributed by atoms with van der Waals surface area (Å²) in [6.45, 7) is 2.96. The van der Waals surface area contributed by atoms with Crippen molar-refractivity contribution in [3.05, 3.63) is 23.8 Å². The van der Waals surface area contributed by atoms with Gasteiger partial charge in [-0.25, -0.2) is 0 Å². The summed E-state index contributed by atoms with van der Waals surface area (Å²) < 4.78 is 0. The van der Waals surface area contributed by atoms with E-state index in [9.17, 15) is 0 Å². The maximum absolute atomic E-state index is 6.98. The van der Waals surface area contributed by atoms with Gasteiger partial charge in [-0.05, 0) is 18.8 Å². The molecule has 0 bridgehead atoms. The molecule has 0 aromatic carbocycles. The second kappa shape index (κ2) is 4.70. The van der Waals surface area contributed by atoms with E-state index >= 15 is 0 Å². The van der Waals surface area contributed by atoms with Crippen molar-refractivity contribution in [1.82, 2.24) is 5.32 Å². The van der Waals surface area contributed by atoms with Crippen molar-refractivity contribution < 1.29 is 0 Å². The van der Waals surface area contributed by atoms with Gasteiger partial charge >= 0.3 is 0 Å². The van der Waals surface area contributed by atoms with Crippen LogP contribution in [0.1, 0.15) is 19.8 Å². The third kappa shape index (κ3) is 3.78. The highest BCUT2D eigenvalue weighted by Gasteiger charge is 2.03. The summed E-state index contributed by atoms with van der Waals surface area (Å²) >= 11 is 0. The topological polar surface area (TPSA) is 61.9 Å². The average molecular weight is 179 g/mol. The van der Waals surface area contributed by atoms with E-state index in [0.717, 1.165) is 19.4 Å². The molecule has 0 heterocycles. The molecule has 1 aliphatic carbocycles. The second-order valence-electron chi connectivity index (χ2n) is 3.45. The molecule has 0 saturated carbocycles. The number of allylic oxidation sites excluding steroid dienone is 3. The Morgan fingerprint density at radius 1 is 1.77 bits per heavy atom. The number of rotatable bonds is 3. The minimum atomic E-state index is 0.0495. The highest BCUT2D eigenvalue weighted by molar-refractivity contribution is 5.74. The molecule has 0 saturated heterocycles. The van der Waals surface area contributed by atoms with Gasteiger partial charge in [-0.15, -0.1) is 0 Å². The molecule has 0 aromatic heterocycles. The zero-order valence-electron chi connectivity index (χ0n) is 8.01. The molecule has 1 unspecified atom stereocenters. The normalized spacial score (nSPS) is 21.0. The van der Waals surface area contributed by atoms with Crippen LogP contribution in [0.2, 0.25) is 0 Å². The summed E-state index contributed by atoms with van der Waals surface area (Å²) in [6.07, 6.45) is 8.72. The average Bonchev–Trinajstić information content (AvgIpc) is 2.03. The van der Waals surface area contributed by atoms with Crippen LogP contribution in [0.5, 0.6) is 0 Å². The molecule has 13 heavy (non-hydrogen) atoms. The fourth-order valence-corrected chi connectivity index (χ4v) is 1.43. The third-order valence-corrected chi connectivity index (χ3v) is 2.07. The van der Waals surface area contributed by atoms with Crippen molar-refractivity contribution >= 4 is 5.96 Å². The van der Waals surface area contributed by atoms with Crippen molar-refractivity contribution in [1.29, 1.82) is 5.41 Å². The van der Waals surface area contributed by atoms with Crippen molar-refractivity contribution in [2.24, 2.45) is 11.7 Å². The van der Waals surface area contributed by atoms with Crippen LogP contribution in [0.15, 0.2) is 23.8 Å². The summed E-state index contributed by atoms with van der Waals surface area (Å²) in [5.41, 5.74) is 6.51. The number of nitrogens with one attached hydrogen (secondary N) is 2. The van der Waals surface area contributed by atoms with E-state index in [-0.39, 0.29) is 5.96 Å².